The van der Waals surface area contributed by atoms with Gasteiger partial charge in [-0.05, 0) is 45.0 Å². The number of hydrogen-bond donors (Lipinski definition) is 1. The molecule has 1 aromatic carbocycles. The van der Waals surface area contributed by atoms with E-state index in [9.17, 15) is 0 Å². The lowest BCUT2D eigenvalue weighted by atomic mass is 9.91. The molecule has 18 heavy (non-hydrogen) atoms. The first-order valence-corrected chi connectivity index (χ1v) is 6.76. The van der Waals surface area contributed by atoms with E-state index in [1.807, 2.05) is 26.1 Å². The number of nitrogens with one attached hydrogen (secondary N) is 1. The summed E-state index contributed by atoms with van der Waals surface area (Å²) >= 11 is 0. The van der Waals surface area contributed by atoms with E-state index in [2.05, 4.69) is 24.4 Å². The van der Waals surface area contributed by atoms with E-state index in [1.165, 1.54) is 5.56 Å². The summed E-state index contributed by atoms with van der Waals surface area (Å²) in [7, 11) is 2.02. The molecule has 1 N–H and O–H groups in total. The molecule has 0 aliphatic carbocycles. The minimum atomic E-state index is 0.366. The van der Waals surface area contributed by atoms with E-state index in [4.69, 9.17) is 9.47 Å². The molecular weight excluding hydrogens is 226 g/mol. The molecule has 3 atom stereocenters. The second-order valence-electron chi connectivity index (χ2n) is 4.91. The van der Waals surface area contributed by atoms with Gasteiger partial charge >= 0.3 is 0 Å². The molecule has 0 radical (unpaired) electrons. The molecule has 1 heterocycles. The maximum atomic E-state index is 5.67. The Bertz CT molecular complexity index is 363. The first-order valence-electron chi connectivity index (χ1n) is 6.76. The van der Waals surface area contributed by atoms with Crippen LogP contribution in [0.4, 0.5) is 0 Å². The SMILES string of the molecule is CCOc1ccc(C(NC)C2COC(C)C2)cc1. The van der Waals surface area contributed by atoms with Crippen LogP contribution in [-0.2, 0) is 4.74 Å². The highest BCUT2D eigenvalue weighted by atomic mass is 16.5. The Hall–Kier alpha value is -1.06. The van der Waals surface area contributed by atoms with E-state index < -0.39 is 0 Å². The van der Waals surface area contributed by atoms with Crippen LogP contribution in [0.1, 0.15) is 31.9 Å². The second kappa shape index (κ2) is 6.21. The van der Waals surface area contributed by atoms with Gasteiger partial charge in [0.05, 0.1) is 19.3 Å². The molecular formula is C15H23NO2. The molecule has 3 unspecified atom stereocenters. The maximum absolute atomic E-state index is 5.67. The Balaban J connectivity index is 2.07. The van der Waals surface area contributed by atoms with Gasteiger partial charge in [0.25, 0.3) is 0 Å². The van der Waals surface area contributed by atoms with Gasteiger partial charge in [-0.2, -0.15) is 0 Å². The third kappa shape index (κ3) is 3.03. The van der Waals surface area contributed by atoms with Gasteiger partial charge < -0.3 is 14.8 Å². The number of benzene rings is 1. The van der Waals surface area contributed by atoms with Crippen LogP contribution >= 0.6 is 0 Å². The van der Waals surface area contributed by atoms with Gasteiger partial charge in [-0.15, -0.1) is 0 Å². The van der Waals surface area contributed by atoms with Gasteiger partial charge in [0.2, 0.25) is 0 Å². The number of rotatable bonds is 5. The monoisotopic (exact) mass is 249 g/mol. The largest absolute Gasteiger partial charge is 0.494 e. The highest BCUT2D eigenvalue weighted by Gasteiger charge is 2.29. The molecule has 1 aliphatic heterocycles. The summed E-state index contributed by atoms with van der Waals surface area (Å²) in [6.45, 7) is 5.70. The molecule has 3 heteroatoms. The van der Waals surface area contributed by atoms with Crippen molar-refractivity contribution in [2.24, 2.45) is 5.92 Å². The molecule has 3 nitrogen and oxygen atoms in total. The van der Waals surface area contributed by atoms with E-state index in [0.717, 1.165) is 18.8 Å². The lowest BCUT2D eigenvalue weighted by Gasteiger charge is -2.22. The molecule has 0 saturated carbocycles. The predicted molar refractivity (Wildman–Crippen MR) is 72.9 cm³/mol. The topological polar surface area (TPSA) is 30.5 Å². The molecule has 0 aromatic heterocycles. The van der Waals surface area contributed by atoms with Crippen LogP contribution in [0.5, 0.6) is 5.75 Å². The van der Waals surface area contributed by atoms with Crippen molar-refractivity contribution in [1.82, 2.24) is 5.32 Å². The molecule has 1 aromatic rings. The molecule has 0 amide bonds. The van der Waals surface area contributed by atoms with Crippen molar-refractivity contribution in [3.63, 3.8) is 0 Å². The fraction of sp³-hybridized carbons (Fsp3) is 0.600. The Labute approximate surface area is 109 Å². The quantitative estimate of drug-likeness (QED) is 0.870. The van der Waals surface area contributed by atoms with Crippen molar-refractivity contribution in [1.29, 1.82) is 0 Å². The zero-order valence-electron chi connectivity index (χ0n) is 11.5. The van der Waals surface area contributed by atoms with Crippen molar-refractivity contribution in [2.45, 2.75) is 32.4 Å². The standard InChI is InChI=1S/C15H23NO2/c1-4-17-14-7-5-12(6-8-14)15(16-3)13-9-11(2)18-10-13/h5-8,11,13,15-16H,4,9-10H2,1-3H3. The molecule has 2 rings (SSSR count). The van der Waals surface area contributed by atoms with Gasteiger partial charge in [0.1, 0.15) is 5.75 Å². The van der Waals surface area contributed by atoms with Gasteiger partial charge in [0, 0.05) is 12.0 Å². The summed E-state index contributed by atoms with van der Waals surface area (Å²) in [5.41, 5.74) is 1.31. The van der Waals surface area contributed by atoms with Crippen molar-refractivity contribution >= 4 is 0 Å². The van der Waals surface area contributed by atoms with Crippen molar-refractivity contribution in [3.8, 4) is 5.75 Å². The Morgan fingerprint density at radius 3 is 2.61 bits per heavy atom. The van der Waals surface area contributed by atoms with Gasteiger partial charge in [-0.1, -0.05) is 12.1 Å². The van der Waals surface area contributed by atoms with Crippen molar-refractivity contribution in [2.75, 3.05) is 20.3 Å². The normalized spacial score (nSPS) is 25.1. The first kappa shape index (κ1) is 13.4. The summed E-state index contributed by atoms with van der Waals surface area (Å²) in [6.07, 6.45) is 1.51. The molecule has 100 valence electrons. The van der Waals surface area contributed by atoms with Gasteiger partial charge in [-0.3, -0.25) is 0 Å². The van der Waals surface area contributed by atoms with E-state index in [1.54, 1.807) is 0 Å². The molecule has 0 bridgehead atoms. The van der Waals surface area contributed by atoms with E-state index in [-0.39, 0.29) is 0 Å². The number of ether oxygens (including phenoxy) is 2. The second-order valence-corrected chi connectivity index (χ2v) is 4.91. The van der Waals surface area contributed by atoms with Crippen LogP contribution in [0.25, 0.3) is 0 Å². The van der Waals surface area contributed by atoms with E-state index >= 15 is 0 Å². The molecule has 1 aliphatic rings. The lowest BCUT2D eigenvalue weighted by molar-refractivity contribution is 0.117. The third-order valence-corrected chi connectivity index (χ3v) is 3.56. The van der Waals surface area contributed by atoms with Crippen LogP contribution in [0.15, 0.2) is 24.3 Å². The summed E-state index contributed by atoms with van der Waals surface area (Å²) in [5.74, 6) is 1.50. The minimum Gasteiger partial charge on any atom is -0.494 e. The fourth-order valence-electron chi connectivity index (χ4n) is 2.70. The minimum absolute atomic E-state index is 0.366. The van der Waals surface area contributed by atoms with Crippen molar-refractivity contribution < 1.29 is 9.47 Å². The average Bonchev–Trinajstić information content (AvgIpc) is 2.79. The number of hydrogen-bond acceptors (Lipinski definition) is 3. The summed E-state index contributed by atoms with van der Waals surface area (Å²) in [4.78, 5) is 0. The highest BCUT2D eigenvalue weighted by molar-refractivity contribution is 5.29. The zero-order valence-corrected chi connectivity index (χ0v) is 11.5. The zero-order chi connectivity index (χ0) is 13.0. The van der Waals surface area contributed by atoms with Crippen LogP contribution in [-0.4, -0.2) is 26.4 Å². The molecule has 0 spiro atoms. The maximum Gasteiger partial charge on any atom is 0.119 e. The first-order chi connectivity index (χ1) is 8.74. The highest BCUT2D eigenvalue weighted by Crippen LogP contribution is 2.32. The van der Waals surface area contributed by atoms with Gasteiger partial charge in [-0.25, -0.2) is 0 Å². The predicted octanol–water partition coefficient (Wildman–Crippen LogP) is 2.77. The van der Waals surface area contributed by atoms with Crippen LogP contribution < -0.4 is 10.1 Å². The lowest BCUT2D eigenvalue weighted by Crippen LogP contribution is -2.25. The van der Waals surface area contributed by atoms with Crippen molar-refractivity contribution in [3.05, 3.63) is 29.8 Å². The Morgan fingerprint density at radius 1 is 1.39 bits per heavy atom. The van der Waals surface area contributed by atoms with Gasteiger partial charge in [0.15, 0.2) is 0 Å². The van der Waals surface area contributed by atoms with E-state index in [0.29, 0.717) is 24.7 Å². The van der Waals surface area contributed by atoms with Crippen LogP contribution in [0.3, 0.4) is 0 Å². The third-order valence-electron chi connectivity index (χ3n) is 3.56. The molecule has 1 saturated heterocycles. The van der Waals surface area contributed by atoms with Crippen LogP contribution in [0.2, 0.25) is 0 Å². The van der Waals surface area contributed by atoms with Crippen LogP contribution in [0, 0.1) is 5.92 Å². The Morgan fingerprint density at radius 2 is 2.11 bits per heavy atom. The smallest absolute Gasteiger partial charge is 0.119 e. The molecule has 1 fully saturated rings. The summed E-state index contributed by atoms with van der Waals surface area (Å²) < 4.78 is 11.1. The summed E-state index contributed by atoms with van der Waals surface area (Å²) in [5, 5.41) is 3.41. The summed E-state index contributed by atoms with van der Waals surface area (Å²) in [6, 6.07) is 8.75. The fourth-order valence-corrected chi connectivity index (χ4v) is 2.70. The Kier molecular flexibility index (Phi) is 4.61. The average molecular weight is 249 g/mol.